The van der Waals surface area contributed by atoms with Crippen LogP contribution in [0.4, 0.5) is 4.39 Å². The van der Waals surface area contributed by atoms with Gasteiger partial charge in [0.15, 0.2) is 17.5 Å². The number of halogens is 2. The van der Waals surface area contributed by atoms with Crippen LogP contribution in [-0.2, 0) is 13.6 Å². The summed E-state index contributed by atoms with van der Waals surface area (Å²) >= 11 is 0. The molecule has 1 heterocycles. The molecule has 7 nitrogen and oxygen atoms in total. The summed E-state index contributed by atoms with van der Waals surface area (Å²) < 4.78 is 21.5. The predicted octanol–water partition coefficient (Wildman–Crippen LogP) is 2.79. The molecule has 3 rings (SSSR count). The van der Waals surface area contributed by atoms with E-state index in [-0.39, 0.29) is 35.8 Å². The smallest absolute Gasteiger partial charge is 0.191 e. The molecule has 0 bridgehead atoms. The number of nitrogens with zero attached hydrogens (tertiary/aromatic N) is 4. The number of nitrogens with one attached hydrogen (secondary N) is 2. The van der Waals surface area contributed by atoms with Gasteiger partial charge in [-0.25, -0.2) is 9.37 Å². The SMILES string of the molecule is CN=C(NCc1ncnn1C)NC(C)c1ccc(OCC2CC2)c(F)c1.I. The molecule has 1 aliphatic rings. The quantitative estimate of drug-likeness (QED) is 0.356. The van der Waals surface area contributed by atoms with Crippen LogP contribution in [0.5, 0.6) is 5.75 Å². The fourth-order valence-electron chi connectivity index (χ4n) is 2.52. The summed E-state index contributed by atoms with van der Waals surface area (Å²) in [6.45, 7) is 3.04. The molecule has 1 aliphatic carbocycles. The molecule has 1 unspecified atom stereocenters. The molecule has 1 atom stereocenters. The first-order valence-corrected chi connectivity index (χ1v) is 8.79. The van der Waals surface area contributed by atoms with E-state index in [4.69, 9.17) is 4.74 Å². The van der Waals surface area contributed by atoms with Crippen LogP contribution in [0.2, 0.25) is 0 Å². The van der Waals surface area contributed by atoms with Crippen molar-refractivity contribution in [1.82, 2.24) is 25.4 Å². The van der Waals surface area contributed by atoms with Crippen molar-refractivity contribution in [3.63, 3.8) is 0 Å². The second-order valence-corrected chi connectivity index (χ2v) is 6.54. The third kappa shape index (κ3) is 6.05. The minimum atomic E-state index is -0.334. The van der Waals surface area contributed by atoms with E-state index in [1.165, 1.54) is 25.2 Å². The third-order valence-electron chi connectivity index (χ3n) is 4.42. The highest BCUT2D eigenvalue weighted by molar-refractivity contribution is 14.0. The zero-order valence-electron chi connectivity index (χ0n) is 15.8. The molecule has 1 fully saturated rings. The number of ether oxygens (including phenoxy) is 1. The van der Waals surface area contributed by atoms with E-state index in [2.05, 4.69) is 25.7 Å². The third-order valence-corrected chi connectivity index (χ3v) is 4.42. The van der Waals surface area contributed by atoms with Gasteiger partial charge in [0, 0.05) is 14.1 Å². The number of hydrogen-bond donors (Lipinski definition) is 2. The first kappa shape index (κ1) is 21.4. The van der Waals surface area contributed by atoms with Crippen LogP contribution in [0.3, 0.4) is 0 Å². The number of guanidine groups is 1. The first-order valence-electron chi connectivity index (χ1n) is 8.79. The summed E-state index contributed by atoms with van der Waals surface area (Å²) in [6, 6.07) is 4.96. The van der Waals surface area contributed by atoms with Gasteiger partial charge in [-0.3, -0.25) is 9.67 Å². The Morgan fingerprint density at radius 1 is 1.44 bits per heavy atom. The fraction of sp³-hybridized carbons (Fsp3) is 0.500. The summed E-state index contributed by atoms with van der Waals surface area (Å²) in [4.78, 5) is 8.35. The van der Waals surface area contributed by atoms with Gasteiger partial charge < -0.3 is 15.4 Å². The highest BCUT2D eigenvalue weighted by Crippen LogP contribution is 2.30. The summed E-state index contributed by atoms with van der Waals surface area (Å²) in [5.74, 6) is 1.98. The Labute approximate surface area is 175 Å². The Morgan fingerprint density at radius 3 is 2.81 bits per heavy atom. The zero-order valence-corrected chi connectivity index (χ0v) is 18.1. The maximum absolute atomic E-state index is 14.3. The van der Waals surface area contributed by atoms with Crippen LogP contribution in [0.25, 0.3) is 0 Å². The molecule has 0 aliphatic heterocycles. The van der Waals surface area contributed by atoms with E-state index in [9.17, 15) is 4.39 Å². The normalized spacial score (nSPS) is 15.0. The molecule has 0 saturated heterocycles. The van der Waals surface area contributed by atoms with Crippen molar-refractivity contribution in [2.24, 2.45) is 18.0 Å². The maximum Gasteiger partial charge on any atom is 0.191 e. The number of aryl methyl sites for hydroxylation is 1. The van der Waals surface area contributed by atoms with Crippen molar-refractivity contribution in [3.05, 3.63) is 41.7 Å². The monoisotopic (exact) mass is 488 g/mol. The van der Waals surface area contributed by atoms with Gasteiger partial charge in [0.2, 0.25) is 0 Å². The Bertz CT molecular complexity index is 777. The molecule has 1 saturated carbocycles. The van der Waals surface area contributed by atoms with Crippen molar-refractivity contribution < 1.29 is 9.13 Å². The topological polar surface area (TPSA) is 76.4 Å². The lowest BCUT2D eigenvalue weighted by Gasteiger charge is -2.19. The second kappa shape index (κ2) is 9.86. The lowest BCUT2D eigenvalue weighted by molar-refractivity contribution is 0.285. The number of rotatable bonds is 7. The van der Waals surface area contributed by atoms with Crippen LogP contribution < -0.4 is 15.4 Å². The molecule has 148 valence electrons. The summed E-state index contributed by atoms with van der Waals surface area (Å²) in [7, 11) is 3.52. The number of aromatic nitrogens is 3. The number of benzene rings is 1. The Balaban J connectivity index is 0.00000261. The minimum Gasteiger partial charge on any atom is -0.490 e. The van der Waals surface area contributed by atoms with Gasteiger partial charge in [0.05, 0.1) is 19.2 Å². The Hall–Kier alpha value is -1.91. The zero-order chi connectivity index (χ0) is 18.5. The van der Waals surface area contributed by atoms with Gasteiger partial charge in [-0.05, 0) is 43.4 Å². The van der Waals surface area contributed by atoms with Crippen LogP contribution >= 0.6 is 24.0 Å². The van der Waals surface area contributed by atoms with Gasteiger partial charge in [-0.1, -0.05) is 6.07 Å². The van der Waals surface area contributed by atoms with Gasteiger partial charge >= 0.3 is 0 Å². The lowest BCUT2D eigenvalue weighted by atomic mass is 10.1. The van der Waals surface area contributed by atoms with Crippen molar-refractivity contribution in [2.45, 2.75) is 32.4 Å². The molecule has 0 amide bonds. The van der Waals surface area contributed by atoms with Crippen LogP contribution in [0.15, 0.2) is 29.5 Å². The van der Waals surface area contributed by atoms with Crippen LogP contribution in [-0.4, -0.2) is 34.4 Å². The molecule has 9 heteroatoms. The molecule has 0 radical (unpaired) electrons. The highest BCUT2D eigenvalue weighted by Gasteiger charge is 2.22. The van der Waals surface area contributed by atoms with E-state index in [0.717, 1.165) is 11.4 Å². The van der Waals surface area contributed by atoms with Crippen LogP contribution in [0, 0.1) is 11.7 Å². The molecule has 2 N–H and O–H groups in total. The molecule has 27 heavy (non-hydrogen) atoms. The molecule has 2 aromatic rings. The minimum absolute atomic E-state index is 0. The van der Waals surface area contributed by atoms with E-state index in [1.807, 2.05) is 20.0 Å². The van der Waals surface area contributed by atoms with E-state index >= 15 is 0 Å². The molecule has 1 aromatic carbocycles. The van der Waals surface area contributed by atoms with E-state index < -0.39 is 0 Å². The first-order chi connectivity index (χ1) is 12.6. The average Bonchev–Trinajstić information content (AvgIpc) is 3.38. The van der Waals surface area contributed by atoms with Crippen molar-refractivity contribution in [2.75, 3.05) is 13.7 Å². The number of aliphatic imine (C=N–C) groups is 1. The molecule has 0 spiro atoms. The maximum atomic E-state index is 14.3. The largest absolute Gasteiger partial charge is 0.490 e. The van der Waals surface area contributed by atoms with E-state index in [0.29, 0.717) is 30.8 Å². The standard InChI is InChI=1S/C18H25FN6O.HI/c1-12(24-18(20-2)21-9-17-22-11-23-25(17)3)14-6-7-16(15(19)8-14)26-10-13-4-5-13;/h6-8,11-13H,4-5,9-10H2,1-3H3,(H2,20,21,24);1H. The summed E-state index contributed by atoms with van der Waals surface area (Å²) in [6.07, 6.45) is 3.87. The molecular formula is C18H26FIN6O. The number of hydrogen-bond acceptors (Lipinski definition) is 4. The van der Waals surface area contributed by atoms with Crippen LogP contribution in [0.1, 0.15) is 37.2 Å². The molecular weight excluding hydrogens is 462 g/mol. The van der Waals surface area contributed by atoms with Crippen molar-refractivity contribution in [1.29, 1.82) is 0 Å². The average molecular weight is 488 g/mol. The van der Waals surface area contributed by atoms with Gasteiger partial charge in [0.1, 0.15) is 12.2 Å². The van der Waals surface area contributed by atoms with Gasteiger partial charge in [-0.15, -0.1) is 24.0 Å². The summed E-state index contributed by atoms with van der Waals surface area (Å²) in [5.41, 5.74) is 0.822. The second-order valence-electron chi connectivity index (χ2n) is 6.54. The van der Waals surface area contributed by atoms with Gasteiger partial charge in [0.25, 0.3) is 0 Å². The lowest BCUT2D eigenvalue weighted by Crippen LogP contribution is -2.38. The fourth-order valence-corrected chi connectivity index (χ4v) is 2.52. The summed E-state index contributed by atoms with van der Waals surface area (Å²) in [5, 5.41) is 10.5. The highest BCUT2D eigenvalue weighted by atomic mass is 127. The van der Waals surface area contributed by atoms with Crippen molar-refractivity contribution >= 4 is 29.9 Å². The Morgan fingerprint density at radius 2 is 2.22 bits per heavy atom. The van der Waals surface area contributed by atoms with E-state index in [1.54, 1.807) is 17.8 Å². The Kier molecular flexibility index (Phi) is 7.81. The predicted molar refractivity (Wildman–Crippen MR) is 113 cm³/mol. The van der Waals surface area contributed by atoms with Crippen molar-refractivity contribution in [3.8, 4) is 5.75 Å². The molecule has 1 aromatic heterocycles. The van der Waals surface area contributed by atoms with Gasteiger partial charge in [-0.2, -0.15) is 5.10 Å².